The van der Waals surface area contributed by atoms with Gasteiger partial charge in [-0.1, -0.05) is 0 Å². The zero-order chi connectivity index (χ0) is 13.4. The third kappa shape index (κ3) is 2.63. The zero-order valence-corrected chi connectivity index (χ0v) is 10.6. The first-order chi connectivity index (χ1) is 7.55. The van der Waals surface area contributed by atoms with Crippen LogP contribution in [0.3, 0.4) is 0 Å². The third-order valence-electron chi connectivity index (χ3n) is 2.68. The van der Waals surface area contributed by atoms with Crippen LogP contribution in [-0.4, -0.2) is 55.1 Å². The van der Waals surface area contributed by atoms with Gasteiger partial charge in [-0.05, 0) is 13.8 Å². The molecule has 0 bridgehead atoms. The van der Waals surface area contributed by atoms with Crippen LogP contribution in [-0.2, 0) is 24.2 Å². The Morgan fingerprint density at radius 3 is 2.00 bits per heavy atom. The average molecular weight is 262 g/mol. The number of carbonyl (C=O) groups excluding carboxylic acids is 3. The molecule has 1 heterocycles. The first-order valence-corrected chi connectivity index (χ1v) is 6.76. The molecule has 1 aliphatic heterocycles. The number of imide groups is 1. The van der Waals surface area contributed by atoms with Crippen LogP contribution in [0.5, 0.6) is 0 Å². The van der Waals surface area contributed by atoms with E-state index in [-0.39, 0.29) is 13.1 Å². The van der Waals surface area contributed by atoms with Crippen molar-refractivity contribution in [2.24, 2.45) is 0 Å². The Balaban J connectivity index is 2.98. The molecule has 7 nitrogen and oxygen atoms in total. The summed E-state index contributed by atoms with van der Waals surface area (Å²) in [6, 6.07) is 0. The summed E-state index contributed by atoms with van der Waals surface area (Å²) in [7, 11) is -3.62. The number of carbonyl (C=O) groups is 3. The van der Waals surface area contributed by atoms with Crippen molar-refractivity contribution in [3.8, 4) is 0 Å². The minimum atomic E-state index is -3.62. The number of piperazine rings is 1. The van der Waals surface area contributed by atoms with Crippen molar-refractivity contribution in [2.45, 2.75) is 18.6 Å². The maximum Gasteiger partial charge on any atom is 0.246 e. The Hall–Kier alpha value is -1.44. The highest BCUT2D eigenvalue weighted by atomic mass is 32.2. The van der Waals surface area contributed by atoms with Gasteiger partial charge in [0.05, 0.1) is 0 Å². The number of hydrogen-bond acceptors (Lipinski definition) is 5. The summed E-state index contributed by atoms with van der Waals surface area (Å²) in [5, 5.41) is 2.03. The minimum absolute atomic E-state index is 0.302. The second-order valence-corrected chi connectivity index (χ2v) is 6.98. The molecule has 0 atom stereocenters. The van der Waals surface area contributed by atoms with Gasteiger partial charge in [0.15, 0.2) is 9.84 Å². The standard InChI is InChI=1S/C9H14N2O5S/c1-9(2,17(3,15)16)8(14)11-4-6(12)10-7(13)5-11/h4-5H2,1-3H3,(H,10,12,13). The lowest BCUT2D eigenvalue weighted by Gasteiger charge is -2.32. The first-order valence-electron chi connectivity index (χ1n) is 4.87. The van der Waals surface area contributed by atoms with Gasteiger partial charge in [-0.15, -0.1) is 0 Å². The lowest BCUT2D eigenvalue weighted by Crippen LogP contribution is -2.58. The fourth-order valence-electron chi connectivity index (χ4n) is 1.32. The molecule has 8 heteroatoms. The maximum atomic E-state index is 12.0. The molecule has 0 saturated carbocycles. The third-order valence-corrected chi connectivity index (χ3v) is 4.71. The highest BCUT2D eigenvalue weighted by molar-refractivity contribution is 7.92. The van der Waals surface area contributed by atoms with Crippen LogP contribution in [0, 0.1) is 0 Å². The summed E-state index contributed by atoms with van der Waals surface area (Å²) < 4.78 is 21.3. The molecule has 1 aliphatic rings. The van der Waals surface area contributed by atoms with Crippen molar-refractivity contribution >= 4 is 27.6 Å². The number of rotatable bonds is 2. The Bertz CT molecular complexity index is 464. The van der Waals surface area contributed by atoms with Gasteiger partial charge in [-0.3, -0.25) is 19.7 Å². The van der Waals surface area contributed by atoms with E-state index in [1.165, 1.54) is 13.8 Å². The van der Waals surface area contributed by atoms with Crippen LogP contribution < -0.4 is 5.32 Å². The fraction of sp³-hybridized carbons (Fsp3) is 0.667. The Morgan fingerprint density at radius 1 is 1.24 bits per heavy atom. The highest BCUT2D eigenvalue weighted by Crippen LogP contribution is 2.19. The predicted octanol–water partition coefficient (Wildman–Crippen LogP) is -1.71. The van der Waals surface area contributed by atoms with E-state index in [1.807, 2.05) is 5.32 Å². The summed E-state index contributed by atoms with van der Waals surface area (Å²) in [5.74, 6) is -1.97. The van der Waals surface area contributed by atoms with Crippen molar-refractivity contribution < 1.29 is 22.8 Å². The quantitative estimate of drug-likeness (QED) is 0.597. The zero-order valence-electron chi connectivity index (χ0n) is 9.81. The molecule has 1 saturated heterocycles. The van der Waals surface area contributed by atoms with Crippen molar-refractivity contribution in [3.63, 3.8) is 0 Å². The topological polar surface area (TPSA) is 101 Å². The van der Waals surface area contributed by atoms with Crippen LogP contribution in [0.25, 0.3) is 0 Å². The SMILES string of the molecule is CC(C)(C(=O)N1CC(=O)NC(=O)C1)S(C)(=O)=O. The van der Waals surface area contributed by atoms with Crippen LogP contribution in [0.15, 0.2) is 0 Å². The van der Waals surface area contributed by atoms with Crippen molar-refractivity contribution in [3.05, 3.63) is 0 Å². The molecule has 3 amide bonds. The van der Waals surface area contributed by atoms with Gasteiger partial charge in [0.25, 0.3) is 0 Å². The van der Waals surface area contributed by atoms with Crippen molar-refractivity contribution in [1.82, 2.24) is 10.2 Å². The summed E-state index contributed by atoms with van der Waals surface area (Å²) in [5.41, 5.74) is 0. The second kappa shape index (κ2) is 4.10. The molecule has 0 aromatic carbocycles. The molecule has 0 spiro atoms. The van der Waals surface area contributed by atoms with E-state index in [4.69, 9.17) is 0 Å². The monoisotopic (exact) mass is 262 g/mol. The smallest absolute Gasteiger partial charge is 0.246 e. The predicted molar refractivity (Wildman–Crippen MR) is 58.7 cm³/mol. The molecule has 17 heavy (non-hydrogen) atoms. The molecule has 0 aromatic heterocycles. The Kier molecular flexibility index (Phi) is 3.28. The number of nitrogens with zero attached hydrogens (tertiary/aromatic N) is 1. The molecule has 0 unspecified atom stereocenters. The molecule has 0 radical (unpaired) electrons. The van der Waals surface area contributed by atoms with Gasteiger partial charge in [0.1, 0.15) is 17.8 Å². The summed E-state index contributed by atoms with van der Waals surface area (Å²) in [4.78, 5) is 35.1. The summed E-state index contributed by atoms with van der Waals surface area (Å²) in [6.45, 7) is 1.90. The number of amides is 3. The van der Waals surface area contributed by atoms with Gasteiger partial charge < -0.3 is 4.90 Å². The van der Waals surface area contributed by atoms with Gasteiger partial charge in [-0.2, -0.15) is 0 Å². The number of hydrogen-bond donors (Lipinski definition) is 1. The van der Waals surface area contributed by atoms with E-state index in [0.29, 0.717) is 0 Å². The molecule has 1 N–H and O–H groups in total. The van der Waals surface area contributed by atoms with Crippen molar-refractivity contribution in [1.29, 1.82) is 0 Å². The molecule has 0 aromatic rings. The minimum Gasteiger partial charge on any atom is -0.323 e. The molecule has 96 valence electrons. The van der Waals surface area contributed by atoms with E-state index >= 15 is 0 Å². The molecular weight excluding hydrogens is 248 g/mol. The van der Waals surface area contributed by atoms with E-state index < -0.39 is 32.3 Å². The van der Waals surface area contributed by atoms with Crippen molar-refractivity contribution in [2.75, 3.05) is 19.3 Å². The highest BCUT2D eigenvalue weighted by Gasteiger charge is 2.43. The molecule has 1 fully saturated rings. The van der Waals surface area contributed by atoms with Gasteiger partial charge in [0.2, 0.25) is 17.7 Å². The number of sulfone groups is 1. The summed E-state index contributed by atoms with van der Waals surface area (Å²) >= 11 is 0. The number of nitrogens with one attached hydrogen (secondary N) is 1. The van der Waals surface area contributed by atoms with Gasteiger partial charge in [-0.25, -0.2) is 8.42 Å². The van der Waals surface area contributed by atoms with E-state index in [9.17, 15) is 22.8 Å². The van der Waals surface area contributed by atoms with Crippen LogP contribution in [0.2, 0.25) is 0 Å². The van der Waals surface area contributed by atoms with Crippen LogP contribution in [0.1, 0.15) is 13.8 Å². The molecule has 0 aliphatic carbocycles. The maximum absolute atomic E-state index is 12.0. The lowest BCUT2D eigenvalue weighted by atomic mass is 10.1. The first kappa shape index (κ1) is 13.6. The largest absolute Gasteiger partial charge is 0.323 e. The second-order valence-electron chi connectivity index (χ2n) is 4.42. The van der Waals surface area contributed by atoms with Gasteiger partial charge >= 0.3 is 0 Å². The van der Waals surface area contributed by atoms with E-state index in [1.54, 1.807) is 0 Å². The van der Waals surface area contributed by atoms with E-state index in [2.05, 4.69) is 0 Å². The Morgan fingerprint density at radius 2 is 1.65 bits per heavy atom. The normalized spacial score (nSPS) is 17.9. The lowest BCUT2D eigenvalue weighted by molar-refractivity contribution is -0.146. The van der Waals surface area contributed by atoms with Crippen LogP contribution in [0.4, 0.5) is 0 Å². The van der Waals surface area contributed by atoms with E-state index in [0.717, 1.165) is 11.2 Å². The Labute approximate surface area is 99.1 Å². The summed E-state index contributed by atoms with van der Waals surface area (Å²) in [6.07, 6.45) is 0.941. The average Bonchev–Trinajstić information content (AvgIpc) is 2.13. The molecule has 1 rings (SSSR count). The fourth-order valence-corrected chi connectivity index (χ4v) is 1.77. The molecular formula is C9H14N2O5S. The van der Waals surface area contributed by atoms with Crippen LogP contribution >= 0.6 is 0 Å². The van der Waals surface area contributed by atoms with Gasteiger partial charge in [0, 0.05) is 6.26 Å².